The summed E-state index contributed by atoms with van der Waals surface area (Å²) in [5, 5.41) is 3.26. The third-order valence-corrected chi connectivity index (χ3v) is 10.8. The highest BCUT2D eigenvalue weighted by Gasteiger charge is 2.51. The molecule has 4 aromatic rings. The normalized spacial score (nSPS) is 16.3. The number of thiophene rings is 1. The Labute approximate surface area is 272 Å². The summed E-state index contributed by atoms with van der Waals surface area (Å²) in [6, 6.07) is 20.1. The average Bonchev–Trinajstić information content (AvgIpc) is 3.46. The van der Waals surface area contributed by atoms with Gasteiger partial charge in [-0.2, -0.15) is 0 Å². The molecular weight excluding hydrogens is 634 g/mol. The van der Waals surface area contributed by atoms with Gasteiger partial charge < -0.3 is 19.3 Å². The summed E-state index contributed by atoms with van der Waals surface area (Å²) in [7, 11) is -0.625. The number of nitrogens with zero attached hydrogens (tertiary/aromatic N) is 2. The zero-order valence-electron chi connectivity index (χ0n) is 25.4. The minimum Gasteiger partial charge on any atom is -0.497 e. The number of hydrogen-bond acceptors (Lipinski definition) is 7. The Bertz CT molecular complexity index is 1810. The Balaban J connectivity index is 1.29. The van der Waals surface area contributed by atoms with Gasteiger partial charge in [0.1, 0.15) is 17.0 Å². The van der Waals surface area contributed by atoms with E-state index in [1.807, 2.05) is 41.8 Å². The second-order valence-electron chi connectivity index (χ2n) is 11.2. The molecule has 2 amide bonds. The predicted octanol–water partition coefficient (Wildman–Crippen LogP) is 5.72. The number of sulfonamides is 1. The highest BCUT2D eigenvalue weighted by Crippen LogP contribution is 2.37. The van der Waals surface area contributed by atoms with Crippen molar-refractivity contribution in [1.29, 1.82) is 0 Å². The summed E-state index contributed by atoms with van der Waals surface area (Å²) in [5.41, 5.74) is 1.01. The van der Waals surface area contributed by atoms with Crippen LogP contribution in [0.1, 0.15) is 41.3 Å². The van der Waals surface area contributed by atoms with Crippen molar-refractivity contribution in [2.75, 3.05) is 33.1 Å². The highest BCUT2D eigenvalue weighted by molar-refractivity contribution is 7.89. The zero-order chi connectivity index (χ0) is 32.2. The minimum absolute atomic E-state index is 0.0487. The summed E-state index contributed by atoms with van der Waals surface area (Å²) >= 11 is 7.74. The summed E-state index contributed by atoms with van der Waals surface area (Å²) in [6.07, 6.45) is 0.704. The fourth-order valence-corrected chi connectivity index (χ4v) is 7.72. The number of nitrogens with one attached hydrogen (secondary N) is 1. The molecule has 238 valence electrons. The molecule has 0 saturated carbocycles. The Morgan fingerprint density at radius 1 is 1.07 bits per heavy atom. The molecule has 0 bridgehead atoms. The molecule has 1 fully saturated rings. The number of fused-ring (bicyclic) bond motifs is 1. The lowest BCUT2D eigenvalue weighted by molar-refractivity contribution is -0.149. The van der Waals surface area contributed by atoms with Crippen LogP contribution < -0.4 is 14.2 Å². The molecule has 2 heterocycles. The second-order valence-corrected chi connectivity index (χ2v) is 14.4. The number of amides is 2. The van der Waals surface area contributed by atoms with Crippen molar-refractivity contribution in [3.63, 3.8) is 0 Å². The standard InChI is InChI=1S/C33H36ClN3O6S2/c1-33(14-16-37(33)31(38)28-22-44-30-11-5-4-10-27(28)30)32(39)36(21-23-8-6-9-25(34)18-23)15-7-17-45(40,41)35-20-24-12-13-26(42-2)19-29(24)43-3/h4-6,8-13,18-19,22,35H,7,14-17,20-21H2,1-3H3. The van der Waals surface area contributed by atoms with Gasteiger partial charge in [-0.1, -0.05) is 48.0 Å². The molecule has 1 aliphatic rings. The molecule has 1 N–H and O–H groups in total. The van der Waals surface area contributed by atoms with Crippen molar-refractivity contribution in [1.82, 2.24) is 14.5 Å². The number of rotatable bonds is 13. The van der Waals surface area contributed by atoms with Crippen LogP contribution in [0.4, 0.5) is 0 Å². The Kier molecular flexibility index (Phi) is 10.0. The number of carbonyl (C=O) groups excluding carboxylic acids is 2. The van der Waals surface area contributed by atoms with Crippen LogP contribution in [0.25, 0.3) is 10.1 Å². The quantitative estimate of drug-likeness (QED) is 0.195. The van der Waals surface area contributed by atoms with Gasteiger partial charge in [-0.3, -0.25) is 9.59 Å². The zero-order valence-corrected chi connectivity index (χ0v) is 27.8. The lowest BCUT2D eigenvalue weighted by Crippen LogP contribution is -2.67. The summed E-state index contributed by atoms with van der Waals surface area (Å²) in [5.74, 6) is 0.518. The van der Waals surface area contributed by atoms with Crippen molar-refractivity contribution in [3.05, 3.63) is 93.8 Å². The first-order valence-electron chi connectivity index (χ1n) is 14.5. The van der Waals surface area contributed by atoms with E-state index < -0.39 is 15.6 Å². The smallest absolute Gasteiger partial charge is 0.256 e. The molecule has 1 unspecified atom stereocenters. The number of ether oxygens (including phenoxy) is 2. The third kappa shape index (κ3) is 7.27. The number of methoxy groups -OCH3 is 2. The van der Waals surface area contributed by atoms with E-state index in [-0.39, 0.29) is 43.6 Å². The number of benzene rings is 3. The molecule has 0 aliphatic carbocycles. The van der Waals surface area contributed by atoms with Crippen molar-refractivity contribution in [2.45, 2.75) is 38.4 Å². The number of hydrogen-bond donors (Lipinski definition) is 1. The van der Waals surface area contributed by atoms with Gasteiger partial charge in [0.25, 0.3) is 5.91 Å². The summed E-state index contributed by atoms with van der Waals surface area (Å²) in [4.78, 5) is 31.2. The van der Waals surface area contributed by atoms with E-state index in [1.165, 1.54) is 18.4 Å². The lowest BCUT2D eigenvalue weighted by Gasteiger charge is -2.51. The topological polar surface area (TPSA) is 105 Å². The minimum atomic E-state index is -3.68. The van der Waals surface area contributed by atoms with E-state index in [2.05, 4.69) is 4.72 Å². The molecule has 5 rings (SSSR count). The van der Waals surface area contributed by atoms with Crippen molar-refractivity contribution in [3.8, 4) is 11.5 Å². The molecular formula is C33H36ClN3O6S2. The van der Waals surface area contributed by atoms with Crippen LogP contribution in [0.3, 0.4) is 0 Å². The van der Waals surface area contributed by atoms with Crippen LogP contribution in [-0.2, 0) is 27.9 Å². The molecule has 1 aromatic heterocycles. The third-order valence-electron chi connectivity index (χ3n) is 8.20. The van der Waals surface area contributed by atoms with Crippen molar-refractivity contribution in [2.24, 2.45) is 0 Å². The largest absolute Gasteiger partial charge is 0.497 e. The van der Waals surface area contributed by atoms with Crippen LogP contribution in [-0.4, -0.2) is 68.6 Å². The Hall–Kier alpha value is -3.64. The van der Waals surface area contributed by atoms with Crippen LogP contribution in [0, 0.1) is 0 Å². The molecule has 45 heavy (non-hydrogen) atoms. The number of halogens is 1. The van der Waals surface area contributed by atoms with Crippen molar-refractivity contribution >= 4 is 54.9 Å². The maximum absolute atomic E-state index is 14.2. The molecule has 3 aromatic carbocycles. The first-order chi connectivity index (χ1) is 21.5. The Morgan fingerprint density at radius 3 is 2.58 bits per heavy atom. The van der Waals surface area contributed by atoms with Gasteiger partial charge in [-0.05, 0) is 49.6 Å². The molecule has 0 spiro atoms. The lowest BCUT2D eigenvalue weighted by atomic mass is 9.84. The van der Waals surface area contributed by atoms with Gasteiger partial charge >= 0.3 is 0 Å². The van der Waals surface area contributed by atoms with Gasteiger partial charge in [0, 0.05) is 58.3 Å². The van der Waals surface area contributed by atoms with Crippen LogP contribution in [0.5, 0.6) is 11.5 Å². The van der Waals surface area contributed by atoms with Gasteiger partial charge in [0.15, 0.2) is 0 Å². The van der Waals surface area contributed by atoms with Crippen molar-refractivity contribution < 1.29 is 27.5 Å². The van der Waals surface area contributed by atoms with Gasteiger partial charge in [-0.25, -0.2) is 13.1 Å². The summed E-state index contributed by atoms with van der Waals surface area (Å²) < 4.78 is 40.2. The maximum atomic E-state index is 14.2. The predicted molar refractivity (Wildman–Crippen MR) is 178 cm³/mol. The molecule has 1 saturated heterocycles. The second kappa shape index (κ2) is 13.8. The van der Waals surface area contributed by atoms with Crippen LogP contribution in [0.2, 0.25) is 5.02 Å². The van der Waals surface area contributed by atoms with E-state index in [9.17, 15) is 18.0 Å². The van der Waals surface area contributed by atoms with Crippen LogP contribution in [0.15, 0.2) is 72.1 Å². The van der Waals surface area contributed by atoms with E-state index in [4.69, 9.17) is 21.1 Å². The van der Waals surface area contributed by atoms with E-state index >= 15 is 0 Å². The monoisotopic (exact) mass is 669 g/mol. The van der Waals surface area contributed by atoms with Gasteiger partial charge in [0.2, 0.25) is 15.9 Å². The van der Waals surface area contributed by atoms with E-state index in [0.717, 1.165) is 15.6 Å². The van der Waals surface area contributed by atoms with E-state index in [1.54, 1.807) is 54.2 Å². The highest BCUT2D eigenvalue weighted by atomic mass is 35.5. The average molecular weight is 670 g/mol. The maximum Gasteiger partial charge on any atom is 0.256 e. The molecule has 1 atom stereocenters. The van der Waals surface area contributed by atoms with Gasteiger partial charge in [-0.15, -0.1) is 11.3 Å². The number of carbonyl (C=O) groups is 2. The molecule has 1 aliphatic heterocycles. The SMILES string of the molecule is COc1ccc(CNS(=O)(=O)CCCN(Cc2cccc(Cl)c2)C(=O)C2(C)CCN2C(=O)c2csc3ccccc23)c(OC)c1. The summed E-state index contributed by atoms with van der Waals surface area (Å²) in [6.45, 7) is 2.71. The van der Waals surface area contributed by atoms with E-state index in [0.29, 0.717) is 40.6 Å². The first kappa shape index (κ1) is 32.7. The fraction of sp³-hybridized carbons (Fsp3) is 0.333. The molecule has 12 heteroatoms. The fourth-order valence-electron chi connectivity index (χ4n) is 5.55. The van der Waals surface area contributed by atoms with Gasteiger partial charge in [0.05, 0.1) is 25.5 Å². The first-order valence-corrected chi connectivity index (χ1v) is 17.5. The molecule has 9 nitrogen and oxygen atoms in total. The Morgan fingerprint density at radius 2 is 1.87 bits per heavy atom. The number of likely N-dealkylation sites (tertiary alicyclic amines) is 1. The molecule has 0 radical (unpaired) electrons. The van der Waals surface area contributed by atoms with Crippen LogP contribution >= 0.6 is 22.9 Å².